The van der Waals surface area contributed by atoms with Gasteiger partial charge in [0.25, 0.3) is 16.7 Å². The zero-order valence-corrected chi connectivity index (χ0v) is 78.6. The second-order valence-electron chi connectivity index (χ2n) is 30.5. The Morgan fingerprint density at radius 1 is 0.429 bits per heavy atom. The third kappa shape index (κ3) is 18.9. The van der Waals surface area contributed by atoms with Crippen LogP contribution >= 0.6 is 76.2 Å². The zero-order chi connectivity index (χ0) is 93.8. The molecule has 0 saturated carbocycles. The number of hydrogen-bond acceptors (Lipinski definition) is 43. The number of nitrogens with one attached hydrogen (secondary N) is 3. The summed E-state index contributed by atoms with van der Waals surface area (Å²) in [5.41, 5.74) is 29.6. The van der Waals surface area contributed by atoms with Gasteiger partial charge in [-0.3, -0.25) is 56.1 Å². The van der Waals surface area contributed by atoms with Crippen molar-refractivity contribution in [2.45, 2.75) is 144 Å². The van der Waals surface area contributed by atoms with Crippen molar-refractivity contribution in [2.24, 2.45) is 0 Å². The van der Waals surface area contributed by atoms with E-state index in [4.69, 9.17) is 161 Å². The number of thiol groups is 1. The van der Waals surface area contributed by atoms with Crippen LogP contribution in [0.1, 0.15) is 42.1 Å². The number of anilines is 5. The lowest BCUT2D eigenvalue weighted by molar-refractivity contribution is -0.0582. The third-order valence-electron chi connectivity index (χ3n) is 22.0. The molecule has 714 valence electrons. The van der Waals surface area contributed by atoms with E-state index >= 15 is 22.0 Å². The molecular weight excluding hydrogens is 2060 g/mol. The van der Waals surface area contributed by atoms with Crippen molar-refractivity contribution in [3.63, 3.8) is 0 Å². The van der Waals surface area contributed by atoms with Gasteiger partial charge in [0.2, 0.25) is 11.9 Å². The van der Waals surface area contributed by atoms with Gasteiger partial charge >= 0.3 is 40.4 Å². The normalized spacial score (nSPS) is 37.5. The maximum Gasteiger partial charge on any atom is 0.386 e. The van der Waals surface area contributed by atoms with Gasteiger partial charge in [-0.1, -0.05) is 22.7 Å². The fraction of sp³-hybridized carbons (Fsp3) is 0.469. The molecule has 0 spiro atoms. The second-order valence-corrected chi connectivity index (χ2v) is 50.0. The number of thioether (sulfide) groups is 2. The summed E-state index contributed by atoms with van der Waals surface area (Å²) in [6.07, 6.45) is -16.2. The number of rotatable bonds is 6. The summed E-state index contributed by atoms with van der Waals surface area (Å²) in [5.74, 6) is -0.487. The number of nitrogens with two attached hydrogens (primary N) is 5. The molecule has 0 aliphatic carbocycles. The smallest absolute Gasteiger partial charge is 0.386 e. The first-order valence-corrected chi connectivity index (χ1v) is 56.5. The first-order chi connectivity index (χ1) is 63.1. The molecule has 69 heteroatoms. The van der Waals surface area contributed by atoms with E-state index in [1.54, 1.807) is 42.6 Å². The Morgan fingerprint density at radius 3 is 1.24 bits per heavy atom. The van der Waals surface area contributed by atoms with Crippen LogP contribution in [0.4, 0.5) is 50.9 Å². The summed E-state index contributed by atoms with van der Waals surface area (Å²) in [7, 11) is 0. The van der Waals surface area contributed by atoms with E-state index in [0.29, 0.717) is 50.2 Å². The molecule has 9 fully saturated rings. The molecule has 133 heavy (non-hydrogen) atoms. The molecule has 6 unspecified atom stereocenters. The topological polar surface area (TPSA) is 666 Å². The van der Waals surface area contributed by atoms with E-state index in [1.165, 1.54) is 61.9 Å². The number of fused-ring (bicyclic) bond motifs is 15. The van der Waals surface area contributed by atoms with E-state index < -0.39 is 228 Å². The van der Waals surface area contributed by atoms with Gasteiger partial charge in [0.05, 0.1) is 68.9 Å². The lowest BCUT2D eigenvalue weighted by atomic mass is 10.1. The van der Waals surface area contributed by atoms with Crippen molar-refractivity contribution in [3.8, 4) is 0 Å². The number of pyridine rings is 3. The summed E-state index contributed by atoms with van der Waals surface area (Å²) in [5, 5.41) is 12.7. The van der Waals surface area contributed by atoms with Gasteiger partial charge < -0.3 is 118 Å². The third-order valence-corrected chi connectivity index (χ3v) is 34.5. The van der Waals surface area contributed by atoms with Crippen LogP contribution in [0.15, 0.2) is 101 Å². The Labute approximate surface area is 777 Å². The van der Waals surface area contributed by atoms with E-state index in [-0.39, 0.29) is 58.4 Å². The summed E-state index contributed by atoms with van der Waals surface area (Å²) in [6.45, 7) is -28.4. The Bertz CT molecular complexity index is 6780. The highest BCUT2D eigenvalue weighted by Gasteiger charge is 2.58. The minimum absolute atomic E-state index is 0.0556. The van der Waals surface area contributed by atoms with Crippen LogP contribution in [-0.2, 0) is 137 Å². The van der Waals surface area contributed by atoms with Gasteiger partial charge in [-0.05, 0) is 95.4 Å². The summed E-state index contributed by atoms with van der Waals surface area (Å²) < 4.78 is 192. The minimum atomic E-state index is -4.29. The Kier molecular flexibility index (Phi) is 26.4. The average Bonchev–Trinajstić information content (AvgIpc) is 1.63. The number of nitrogens with zero attached hydrogens (tertiary/aromatic N) is 17. The number of ether oxygens (including phenoxy) is 4. The molecule has 0 aromatic carbocycles. The predicted octanol–water partition coefficient (Wildman–Crippen LogP) is 4.68. The van der Waals surface area contributed by atoms with Crippen LogP contribution < -0.4 is 45.3 Å². The van der Waals surface area contributed by atoms with E-state index in [9.17, 15) is 43.4 Å². The van der Waals surface area contributed by atoms with Crippen molar-refractivity contribution >= 4 is 231 Å². The molecule has 21 heterocycles. The van der Waals surface area contributed by atoms with Crippen molar-refractivity contribution in [1.29, 1.82) is 0 Å². The molecule has 9 aliphatic rings. The van der Waals surface area contributed by atoms with E-state index in [2.05, 4.69) is 82.7 Å². The number of hydrogen-bond donors (Lipinski definition) is 14. The van der Waals surface area contributed by atoms with Crippen molar-refractivity contribution in [3.05, 3.63) is 117 Å². The molecule has 9 saturated heterocycles. The molecule has 0 radical (unpaired) electrons. The lowest BCUT2D eigenvalue weighted by Gasteiger charge is -2.27. The summed E-state index contributed by atoms with van der Waals surface area (Å²) >= 11 is 31.9. The van der Waals surface area contributed by atoms with Crippen molar-refractivity contribution in [1.82, 2.24) is 98.1 Å². The quantitative estimate of drug-likeness (QED) is 0.0610. The summed E-state index contributed by atoms with van der Waals surface area (Å²) in [6, 6.07) is 9.71. The highest BCUT2D eigenvalue weighted by molar-refractivity contribution is 8.44. The highest BCUT2D eigenvalue weighted by Crippen LogP contribution is 2.63. The van der Waals surface area contributed by atoms with Crippen LogP contribution in [0.5, 0.6) is 0 Å². The molecule has 9 aliphatic heterocycles. The van der Waals surface area contributed by atoms with E-state index in [0.717, 1.165) is 32.9 Å². The zero-order valence-electron chi connectivity index (χ0n) is 66.6. The number of H-pyrrole nitrogens is 3. The average molecular weight is 2130 g/mol. The van der Waals surface area contributed by atoms with Gasteiger partial charge in [0, 0.05) is 76.8 Å². The minimum Gasteiger partial charge on any atom is -0.398 e. The number of imidazole rings is 1. The Hall–Kier alpha value is -6.68. The fourth-order valence-electron chi connectivity index (χ4n) is 16.1. The number of nitrogen functional groups attached to an aromatic ring is 5. The Morgan fingerprint density at radius 2 is 0.820 bits per heavy atom. The van der Waals surface area contributed by atoms with Crippen LogP contribution in [0, 0.1) is 0 Å². The Balaban J connectivity index is 0.000000129. The molecule has 29 atom stereocenters. The maximum absolute atomic E-state index is 16.1. The van der Waals surface area contributed by atoms with Gasteiger partial charge in [-0.25, -0.2) is 60.8 Å². The number of halogens is 5. The van der Waals surface area contributed by atoms with Crippen molar-refractivity contribution < 1.29 is 124 Å². The SMILES string of the molecule is Nc1ccnc2c1ccn2[C@@H]1O[C@@H]2COP(O)(=S)O[C@@H]3C[C@@H](COP(=O)(S)O[C@H]2[C@@H]1F)O[C@H]3n1cnc2c(=O)[nH]cnc21.Nc1nc2c(nnn2[C@@H]2S[C@@H]3COP(O)(=S)O[C@H]4[C@H](F)[C@H](n5ccc6c(N)ccnc65)O[C@@H]4COP(O)(=S)O[C@@H]2[C@@H]3F)c(=O)[nH]1.Nc1nc2c(nnn2[C@@H]2S[C@@H]3COP(O)(=S)O[C@H]4[C@H](F)[C@H](n5ccc6c(N)ccnc65)O[C@@H]4COP(O)(=S)O[C@@H]2[C@@H]3F)c(=O)[nH]1. The van der Waals surface area contributed by atoms with Gasteiger partial charge in [0.1, 0.15) is 95.0 Å². The number of aromatic nitrogens is 20. The first kappa shape index (κ1) is 95.2. The van der Waals surface area contributed by atoms with Crippen molar-refractivity contribution in [2.75, 3.05) is 68.3 Å². The van der Waals surface area contributed by atoms with Crippen LogP contribution in [0.25, 0.3) is 66.6 Å². The first-order valence-electron chi connectivity index (χ1n) is 39.0. The molecule has 21 rings (SSSR count). The van der Waals surface area contributed by atoms with Gasteiger partial charge in [0.15, 0.2) is 76.9 Å². The van der Waals surface area contributed by atoms with Crippen LogP contribution in [-0.4, -0.2) is 265 Å². The summed E-state index contributed by atoms with van der Waals surface area (Å²) in [4.78, 5) is 128. The molecule has 18 N–H and O–H groups in total. The largest absolute Gasteiger partial charge is 0.398 e. The van der Waals surface area contributed by atoms with Gasteiger partial charge in [-0.15, -0.1) is 33.7 Å². The molecule has 12 aromatic rings. The predicted molar refractivity (Wildman–Crippen MR) is 481 cm³/mol. The second kappa shape index (κ2) is 36.8. The monoisotopic (exact) mass is 2130 g/mol. The number of alkyl halides is 5. The number of aromatic amines is 3. The highest BCUT2D eigenvalue weighted by atomic mass is 32.7. The lowest BCUT2D eigenvalue weighted by Crippen LogP contribution is -2.34. The molecular formula is C64H70F5N25O25P6S8. The van der Waals surface area contributed by atoms with Gasteiger partial charge in [-0.2, -0.15) is 9.97 Å². The van der Waals surface area contributed by atoms with Crippen LogP contribution in [0.2, 0.25) is 0 Å². The van der Waals surface area contributed by atoms with E-state index in [1.807, 2.05) is 0 Å². The fourth-order valence-corrected chi connectivity index (χ4v) is 28.0. The maximum atomic E-state index is 16.1. The molecule has 12 aromatic heterocycles. The molecule has 6 bridgehead atoms. The standard InChI is InChI=1S/C22H24FN7O9P2S2.2C21H23F2N9O8P2S3/c23-15-17-14(37-22(15)29-4-2-11-12(24)1-3-25-18(11)29)7-35-40(32,42)38-13-5-10(6-34-41(33,43)39-17)36-21(13)30-9-28-16-19(30)26-8-27-20(16)31;2*22-11-10-6-37-42(35,44)39-14-9(38-19(12(14)23)31-4-2-7-8(24)1-3-26-16(7)31)5-36-41(34,43)40-15(11)20(45-10)32-17-13(29-30-32)18(33)28-21(25)27-17/h1-4,8-10,13-15,17,21-22H,5-7H2,(H2,24,25)(H,32,42)(H,33,43)(H,26,27,31);2*1-4,9-12,14-15,19-20H,5-6H2,(H2,24,26)(H,34,43)(H,35,44)(H3,25,27,28,33)/t10-,13+,14+,15-,17+,21+,22+,40?,41?;2*9-,10-,11-,12+,14-,15-,19-,20-,41?,42?/m011/s1. The van der Waals surface area contributed by atoms with Crippen LogP contribution in [0.3, 0.4) is 0 Å². The molecule has 0 amide bonds. The molecule has 50 nitrogen and oxygen atoms in total.